The lowest BCUT2D eigenvalue weighted by molar-refractivity contribution is 0.652. The minimum atomic E-state index is 0.682. The second-order valence-electron chi connectivity index (χ2n) is 2.63. The van der Waals surface area contributed by atoms with Crippen LogP contribution in [0.2, 0.25) is 0 Å². The lowest BCUT2D eigenvalue weighted by Gasteiger charge is -1.95. The maximum atomic E-state index is 5.54. The highest BCUT2D eigenvalue weighted by atomic mass is 35.5. The molecule has 0 bridgehead atoms. The number of aryl methyl sites for hydroxylation is 1. The molecule has 0 amide bonds. The zero-order valence-electron chi connectivity index (χ0n) is 7.76. The van der Waals surface area contributed by atoms with Gasteiger partial charge in [-0.25, -0.2) is 0 Å². The van der Waals surface area contributed by atoms with E-state index in [2.05, 4.69) is 23.9 Å². The molecule has 0 spiro atoms. The van der Waals surface area contributed by atoms with Gasteiger partial charge in [-0.3, -0.25) is 4.68 Å². The fraction of sp³-hybridized carbons (Fsp3) is 0.500. The molecule has 0 N–H and O–H groups in total. The summed E-state index contributed by atoms with van der Waals surface area (Å²) >= 11 is 5.54. The van der Waals surface area contributed by atoms with E-state index in [-0.39, 0.29) is 0 Å². The van der Waals surface area contributed by atoms with Crippen molar-refractivity contribution in [3.63, 3.8) is 0 Å². The Kier molecular flexibility index (Phi) is 4.42. The van der Waals surface area contributed by atoms with E-state index >= 15 is 0 Å². The summed E-state index contributed by atoms with van der Waals surface area (Å²) in [5, 5.41) is 4.12. The molecule has 0 unspecified atom stereocenters. The minimum absolute atomic E-state index is 0.682. The molecular formula is C10H13ClN2. The van der Waals surface area contributed by atoms with Crippen LogP contribution < -0.4 is 0 Å². The Morgan fingerprint density at radius 3 is 3.15 bits per heavy atom. The van der Waals surface area contributed by atoms with Crippen LogP contribution in [0.15, 0.2) is 12.3 Å². The largest absolute Gasteiger partial charge is 0.257 e. The molecule has 0 fully saturated rings. The van der Waals surface area contributed by atoms with Crippen molar-refractivity contribution in [3.8, 4) is 11.8 Å². The van der Waals surface area contributed by atoms with Gasteiger partial charge in [-0.15, -0.1) is 11.6 Å². The Balaban J connectivity index is 2.55. The van der Waals surface area contributed by atoms with Gasteiger partial charge < -0.3 is 0 Å². The molecule has 2 nitrogen and oxygen atoms in total. The molecule has 1 rings (SSSR count). The lowest BCUT2D eigenvalue weighted by Crippen LogP contribution is -1.98. The van der Waals surface area contributed by atoms with Gasteiger partial charge in [0.1, 0.15) is 5.69 Å². The summed E-state index contributed by atoms with van der Waals surface area (Å²) in [5.41, 5.74) is 0.983. The second-order valence-corrected chi connectivity index (χ2v) is 3.00. The predicted octanol–water partition coefficient (Wildman–Crippen LogP) is 2.27. The number of unbranched alkanes of at least 4 members (excludes halogenated alkanes) is 1. The van der Waals surface area contributed by atoms with Crippen LogP contribution in [-0.2, 0) is 6.54 Å². The molecule has 1 heterocycles. The first-order chi connectivity index (χ1) is 6.38. The highest BCUT2D eigenvalue weighted by Gasteiger charge is 1.93. The van der Waals surface area contributed by atoms with Crippen molar-refractivity contribution in [1.82, 2.24) is 9.78 Å². The molecular weight excluding hydrogens is 184 g/mol. The maximum absolute atomic E-state index is 5.54. The van der Waals surface area contributed by atoms with Crippen molar-refractivity contribution in [2.45, 2.75) is 26.3 Å². The summed E-state index contributed by atoms with van der Waals surface area (Å²) in [4.78, 5) is 0. The average molecular weight is 197 g/mol. The van der Waals surface area contributed by atoms with E-state index in [4.69, 9.17) is 11.6 Å². The van der Waals surface area contributed by atoms with Crippen LogP contribution in [0.1, 0.15) is 25.5 Å². The Morgan fingerprint density at radius 1 is 1.62 bits per heavy atom. The van der Waals surface area contributed by atoms with Gasteiger partial charge in [-0.1, -0.05) is 5.92 Å². The highest BCUT2D eigenvalue weighted by molar-refractivity contribution is 6.17. The molecule has 3 heteroatoms. The van der Waals surface area contributed by atoms with Crippen LogP contribution >= 0.6 is 11.6 Å². The fourth-order valence-corrected chi connectivity index (χ4v) is 1.13. The minimum Gasteiger partial charge on any atom is -0.257 e. The summed E-state index contributed by atoms with van der Waals surface area (Å²) in [7, 11) is 0. The molecule has 0 aliphatic rings. The van der Waals surface area contributed by atoms with Crippen LogP contribution in [0.25, 0.3) is 0 Å². The summed E-state index contributed by atoms with van der Waals surface area (Å²) < 4.78 is 1.88. The maximum Gasteiger partial charge on any atom is 0.111 e. The number of hydrogen-bond donors (Lipinski definition) is 0. The topological polar surface area (TPSA) is 17.8 Å². The molecule has 0 aromatic carbocycles. The van der Waals surface area contributed by atoms with E-state index in [1.807, 2.05) is 10.7 Å². The van der Waals surface area contributed by atoms with Gasteiger partial charge in [-0.05, 0) is 25.3 Å². The summed E-state index contributed by atoms with van der Waals surface area (Å²) in [6.45, 7) is 2.92. The van der Waals surface area contributed by atoms with Gasteiger partial charge in [-0.2, -0.15) is 5.10 Å². The predicted molar refractivity (Wildman–Crippen MR) is 54.7 cm³/mol. The first-order valence-corrected chi connectivity index (χ1v) is 4.98. The standard InChI is InChI=1S/C10H13ClN2/c1-2-13-10(7-9-12-13)6-4-3-5-8-11/h7,9H,2-3,5,8H2,1H3. The summed E-state index contributed by atoms with van der Waals surface area (Å²) in [5.74, 6) is 6.82. The molecule has 13 heavy (non-hydrogen) atoms. The van der Waals surface area contributed by atoms with Crippen LogP contribution in [-0.4, -0.2) is 15.7 Å². The number of alkyl halides is 1. The van der Waals surface area contributed by atoms with Gasteiger partial charge in [0, 0.05) is 18.8 Å². The van der Waals surface area contributed by atoms with Crippen molar-refractivity contribution in [2.24, 2.45) is 0 Å². The number of hydrogen-bond acceptors (Lipinski definition) is 1. The molecule has 1 aromatic heterocycles. The Hall–Kier alpha value is -0.940. The zero-order valence-corrected chi connectivity index (χ0v) is 8.51. The van der Waals surface area contributed by atoms with Crippen LogP contribution in [0.3, 0.4) is 0 Å². The van der Waals surface area contributed by atoms with Crippen molar-refractivity contribution in [2.75, 3.05) is 5.88 Å². The molecule has 1 aromatic rings. The SMILES string of the molecule is CCn1nccc1C#CCCCCl. The smallest absolute Gasteiger partial charge is 0.111 e. The first-order valence-electron chi connectivity index (χ1n) is 4.45. The van der Waals surface area contributed by atoms with Crippen LogP contribution in [0, 0.1) is 11.8 Å². The Bertz CT molecular complexity index is 306. The van der Waals surface area contributed by atoms with Gasteiger partial charge in [0.05, 0.1) is 6.20 Å². The third-order valence-corrected chi connectivity index (χ3v) is 1.94. The molecule has 70 valence electrons. The lowest BCUT2D eigenvalue weighted by atomic mass is 10.3. The zero-order chi connectivity index (χ0) is 9.52. The molecule has 0 saturated carbocycles. The number of aromatic nitrogens is 2. The van der Waals surface area contributed by atoms with E-state index in [0.717, 1.165) is 25.1 Å². The van der Waals surface area contributed by atoms with E-state index in [0.29, 0.717) is 5.88 Å². The normalized spacial score (nSPS) is 9.38. The van der Waals surface area contributed by atoms with Gasteiger partial charge in [0.25, 0.3) is 0 Å². The first kappa shape index (κ1) is 10.1. The molecule has 0 radical (unpaired) electrons. The summed E-state index contributed by atoms with van der Waals surface area (Å²) in [6, 6.07) is 1.93. The third-order valence-electron chi connectivity index (χ3n) is 1.67. The van der Waals surface area contributed by atoms with Crippen molar-refractivity contribution < 1.29 is 0 Å². The average Bonchev–Trinajstić information content (AvgIpc) is 2.60. The van der Waals surface area contributed by atoms with Crippen LogP contribution in [0.5, 0.6) is 0 Å². The number of nitrogens with zero attached hydrogens (tertiary/aromatic N) is 2. The van der Waals surface area contributed by atoms with Crippen molar-refractivity contribution >= 4 is 11.6 Å². The van der Waals surface area contributed by atoms with Gasteiger partial charge in [0.15, 0.2) is 0 Å². The van der Waals surface area contributed by atoms with E-state index in [9.17, 15) is 0 Å². The molecule has 0 aliphatic heterocycles. The van der Waals surface area contributed by atoms with Crippen LogP contribution in [0.4, 0.5) is 0 Å². The van der Waals surface area contributed by atoms with E-state index < -0.39 is 0 Å². The Labute approximate surface area is 83.9 Å². The number of halogens is 1. The quantitative estimate of drug-likeness (QED) is 0.412. The molecule has 0 atom stereocenters. The van der Waals surface area contributed by atoms with Gasteiger partial charge >= 0.3 is 0 Å². The van der Waals surface area contributed by atoms with Gasteiger partial charge in [0.2, 0.25) is 0 Å². The van der Waals surface area contributed by atoms with E-state index in [1.54, 1.807) is 6.20 Å². The fourth-order valence-electron chi connectivity index (χ4n) is 0.999. The van der Waals surface area contributed by atoms with Crippen molar-refractivity contribution in [1.29, 1.82) is 0 Å². The number of rotatable bonds is 3. The molecule has 0 aliphatic carbocycles. The van der Waals surface area contributed by atoms with E-state index in [1.165, 1.54) is 0 Å². The second kappa shape index (κ2) is 5.66. The Morgan fingerprint density at radius 2 is 2.46 bits per heavy atom. The summed E-state index contributed by atoms with van der Waals surface area (Å²) in [6.07, 6.45) is 3.59. The monoisotopic (exact) mass is 196 g/mol. The highest BCUT2D eigenvalue weighted by Crippen LogP contribution is 1.96. The third kappa shape index (κ3) is 3.12. The molecule has 0 saturated heterocycles. The van der Waals surface area contributed by atoms with Crippen molar-refractivity contribution in [3.05, 3.63) is 18.0 Å².